The van der Waals surface area contributed by atoms with Crippen LogP contribution in [0.1, 0.15) is 17.0 Å². The molecule has 0 radical (unpaired) electrons. The summed E-state index contributed by atoms with van der Waals surface area (Å²) in [6.07, 6.45) is -4.22. The predicted molar refractivity (Wildman–Crippen MR) is 98.3 cm³/mol. The van der Waals surface area contributed by atoms with Crippen molar-refractivity contribution < 1.29 is 22.4 Å². The third-order valence-electron chi connectivity index (χ3n) is 3.20. The number of aliphatic imine (C=N–C) groups is 1. The quantitative estimate of drug-likeness (QED) is 0.395. The Kier molecular flexibility index (Phi) is 7.52. The van der Waals surface area contributed by atoms with Gasteiger partial charge in [-0.1, -0.05) is 17.3 Å². The molecule has 0 saturated heterocycles. The molecule has 1 aromatic carbocycles. The van der Waals surface area contributed by atoms with E-state index >= 15 is 0 Å². The number of hydrogen-bond donors (Lipinski definition) is 2. The Balaban J connectivity index is 0.00000312. The first-order chi connectivity index (χ1) is 11.3. The molecule has 10 heteroatoms. The van der Waals surface area contributed by atoms with Crippen molar-refractivity contribution in [2.24, 2.45) is 10.7 Å². The van der Waals surface area contributed by atoms with E-state index in [0.717, 1.165) is 11.3 Å². The number of para-hydroxylation sites is 2. The van der Waals surface area contributed by atoms with E-state index < -0.39 is 6.36 Å². The molecule has 1 aromatic heterocycles. The van der Waals surface area contributed by atoms with E-state index in [2.05, 4.69) is 20.2 Å². The van der Waals surface area contributed by atoms with Crippen molar-refractivity contribution in [3.8, 4) is 5.75 Å². The summed E-state index contributed by atoms with van der Waals surface area (Å²) in [5.41, 5.74) is 7.51. The number of guanidine groups is 1. The van der Waals surface area contributed by atoms with Gasteiger partial charge in [-0.3, -0.25) is 4.99 Å². The lowest BCUT2D eigenvalue weighted by molar-refractivity contribution is -0.274. The fraction of sp³-hybridized carbons (Fsp3) is 0.333. The summed E-state index contributed by atoms with van der Waals surface area (Å²) in [4.78, 5) is 4.09. The molecule has 0 bridgehead atoms. The average molecular weight is 470 g/mol. The predicted octanol–water partition coefficient (Wildman–Crippen LogP) is 3.78. The Labute approximate surface area is 159 Å². The number of nitrogens with zero attached hydrogens (tertiary/aromatic N) is 2. The third kappa shape index (κ3) is 6.44. The van der Waals surface area contributed by atoms with Crippen molar-refractivity contribution in [2.45, 2.75) is 26.6 Å². The summed E-state index contributed by atoms with van der Waals surface area (Å²) in [5, 5.41) is 6.44. The van der Waals surface area contributed by atoms with Crippen LogP contribution < -0.4 is 15.8 Å². The van der Waals surface area contributed by atoms with E-state index in [0.29, 0.717) is 18.7 Å². The van der Waals surface area contributed by atoms with Crippen LogP contribution in [0, 0.1) is 13.8 Å². The summed E-state index contributed by atoms with van der Waals surface area (Å²) in [5.74, 6) is 0.312. The van der Waals surface area contributed by atoms with Gasteiger partial charge in [0.15, 0.2) is 11.7 Å². The van der Waals surface area contributed by atoms with Gasteiger partial charge >= 0.3 is 6.36 Å². The average Bonchev–Trinajstić information content (AvgIpc) is 2.79. The first-order valence-corrected chi connectivity index (χ1v) is 7.09. The highest BCUT2D eigenvalue weighted by Crippen LogP contribution is 2.29. The molecule has 25 heavy (non-hydrogen) atoms. The smallest absolute Gasteiger partial charge is 0.404 e. The van der Waals surface area contributed by atoms with Crippen LogP contribution >= 0.6 is 24.0 Å². The summed E-state index contributed by atoms with van der Waals surface area (Å²) >= 11 is 0. The first kappa shape index (κ1) is 21.1. The van der Waals surface area contributed by atoms with Gasteiger partial charge in [-0.25, -0.2) is 0 Å². The topological polar surface area (TPSA) is 85.7 Å². The van der Waals surface area contributed by atoms with Gasteiger partial charge < -0.3 is 20.3 Å². The molecule has 138 valence electrons. The number of ether oxygens (including phenoxy) is 1. The van der Waals surface area contributed by atoms with Crippen LogP contribution in [-0.4, -0.2) is 24.0 Å². The van der Waals surface area contributed by atoms with Crippen LogP contribution in [0.3, 0.4) is 0 Å². The Morgan fingerprint density at radius 3 is 2.60 bits per heavy atom. The summed E-state index contributed by atoms with van der Waals surface area (Å²) < 4.78 is 46.1. The summed E-state index contributed by atoms with van der Waals surface area (Å²) in [7, 11) is 0. The molecule has 1 heterocycles. The largest absolute Gasteiger partial charge is 0.573 e. The van der Waals surface area contributed by atoms with E-state index in [9.17, 15) is 13.2 Å². The lowest BCUT2D eigenvalue weighted by Gasteiger charge is -2.14. The minimum Gasteiger partial charge on any atom is -0.404 e. The van der Waals surface area contributed by atoms with Crippen LogP contribution in [0.25, 0.3) is 0 Å². The fourth-order valence-electron chi connectivity index (χ4n) is 2.11. The summed E-state index contributed by atoms with van der Waals surface area (Å²) in [6.45, 7) is 3.96. The van der Waals surface area contributed by atoms with E-state index in [4.69, 9.17) is 10.3 Å². The molecular formula is C15H18F3IN4O2. The number of aryl methyl sites for hydroxylation is 2. The maximum atomic E-state index is 12.4. The zero-order chi connectivity index (χ0) is 17.7. The molecule has 6 nitrogen and oxygen atoms in total. The molecule has 0 aliphatic heterocycles. The number of hydrogen-bond acceptors (Lipinski definition) is 4. The van der Waals surface area contributed by atoms with Crippen LogP contribution in [0.15, 0.2) is 33.8 Å². The Morgan fingerprint density at radius 2 is 2.00 bits per heavy atom. The number of benzene rings is 1. The van der Waals surface area contributed by atoms with E-state index in [1.54, 1.807) is 13.0 Å². The highest BCUT2D eigenvalue weighted by molar-refractivity contribution is 14.0. The van der Waals surface area contributed by atoms with Crippen molar-refractivity contribution in [1.29, 1.82) is 0 Å². The highest BCUT2D eigenvalue weighted by Gasteiger charge is 2.32. The van der Waals surface area contributed by atoms with Gasteiger partial charge in [-0.15, -0.1) is 37.1 Å². The lowest BCUT2D eigenvalue weighted by Crippen LogP contribution is -2.25. The van der Waals surface area contributed by atoms with Gasteiger partial charge in [-0.2, -0.15) is 0 Å². The van der Waals surface area contributed by atoms with Gasteiger partial charge in [0.05, 0.1) is 11.4 Å². The number of nitrogens with one attached hydrogen (secondary N) is 1. The first-order valence-electron chi connectivity index (χ1n) is 7.09. The molecule has 0 aliphatic carbocycles. The number of aromatic nitrogens is 1. The van der Waals surface area contributed by atoms with Crippen LogP contribution in [0.4, 0.5) is 18.9 Å². The number of rotatable bonds is 5. The Bertz CT molecular complexity index is 712. The molecule has 3 N–H and O–H groups in total. The number of alkyl halides is 3. The van der Waals surface area contributed by atoms with E-state index in [1.165, 1.54) is 18.2 Å². The van der Waals surface area contributed by atoms with Crippen LogP contribution in [0.2, 0.25) is 0 Å². The molecule has 2 rings (SSSR count). The zero-order valence-electron chi connectivity index (χ0n) is 13.6. The summed E-state index contributed by atoms with van der Waals surface area (Å²) in [6, 6.07) is 5.59. The molecule has 0 atom stereocenters. The van der Waals surface area contributed by atoms with E-state index in [-0.39, 0.29) is 41.4 Å². The molecule has 0 amide bonds. The standard InChI is InChI=1S/C15H17F3N4O2.HI/c1-9-11(10(2)24-22-9)7-8-20-14(19)21-12-5-3-4-6-13(12)23-15(16,17)18;/h3-6H,7-8H2,1-2H3,(H3,19,20,21);1H. The van der Waals surface area contributed by atoms with Gasteiger partial charge in [0.2, 0.25) is 0 Å². The molecule has 0 saturated carbocycles. The lowest BCUT2D eigenvalue weighted by atomic mass is 10.1. The van der Waals surface area contributed by atoms with E-state index in [1.807, 2.05) is 6.92 Å². The molecule has 0 fully saturated rings. The van der Waals surface area contributed by atoms with Crippen molar-refractivity contribution in [3.63, 3.8) is 0 Å². The second-order valence-corrected chi connectivity index (χ2v) is 4.99. The number of anilines is 1. The van der Waals surface area contributed by atoms with Crippen molar-refractivity contribution in [3.05, 3.63) is 41.3 Å². The molecule has 2 aromatic rings. The Morgan fingerprint density at radius 1 is 1.32 bits per heavy atom. The highest BCUT2D eigenvalue weighted by atomic mass is 127. The Hall–Kier alpha value is -1.98. The van der Waals surface area contributed by atoms with Gasteiger partial charge in [0.25, 0.3) is 0 Å². The second kappa shape index (κ2) is 8.92. The molecular weight excluding hydrogens is 452 g/mol. The van der Waals surface area contributed by atoms with Crippen molar-refractivity contribution in [1.82, 2.24) is 5.16 Å². The fourth-order valence-corrected chi connectivity index (χ4v) is 2.11. The monoisotopic (exact) mass is 470 g/mol. The number of halogens is 4. The van der Waals surface area contributed by atoms with Gasteiger partial charge in [0.1, 0.15) is 5.76 Å². The second-order valence-electron chi connectivity index (χ2n) is 4.99. The third-order valence-corrected chi connectivity index (χ3v) is 3.20. The van der Waals surface area contributed by atoms with Crippen molar-refractivity contribution in [2.75, 3.05) is 11.9 Å². The molecule has 0 aliphatic rings. The normalized spacial score (nSPS) is 11.8. The van der Waals surface area contributed by atoms with Crippen LogP contribution in [-0.2, 0) is 6.42 Å². The zero-order valence-corrected chi connectivity index (χ0v) is 15.9. The van der Waals surface area contributed by atoms with Gasteiger partial charge in [-0.05, 0) is 32.4 Å². The molecule has 0 unspecified atom stereocenters. The minimum absolute atomic E-state index is 0. The maximum Gasteiger partial charge on any atom is 0.573 e. The number of nitrogens with two attached hydrogens (primary N) is 1. The SMILES string of the molecule is Cc1noc(C)c1CCN=C(N)Nc1ccccc1OC(F)(F)F.I. The van der Waals surface area contributed by atoms with Gasteiger partial charge in [0, 0.05) is 12.1 Å². The van der Waals surface area contributed by atoms with Crippen molar-refractivity contribution >= 4 is 35.6 Å². The molecule has 0 spiro atoms. The maximum absolute atomic E-state index is 12.4. The van der Waals surface area contributed by atoms with Crippen LogP contribution in [0.5, 0.6) is 5.75 Å². The minimum atomic E-state index is -4.78.